The number of hydrogen-bond acceptors (Lipinski definition) is 8. The number of halogens is 7. The summed E-state index contributed by atoms with van der Waals surface area (Å²) in [4.78, 5) is 62.5. The lowest BCUT2D eigenvalue weighted by atomic mass is 9.49. The number of carbonyl (C=O) groups excluding carboxylic acids is 4. The van der Waals surface area contributed by atoms with Crippen molar-refractivity contribution in [2.45, 2.75) is 37.3 Å². The van der Waals surface area contributed by atoms with Crippen LogP contribution in [-0.4, -0.2) is 57.3 Å². The fourth-order valence-electron chi connectivity index (χ4n) is 8.48. The first-order chi connectivity index (χ1) is 24.6. The third-order valence-corrected chi connectivity index (χ3v) is 13.4. The molecule has 1 aromatic heterocycles. The van der Waals surface area contributed by atoms with Gasteiger partial charge in [-0.2, -0.15) is 18.2 Å². The number of aromatic nitrogens is 1. The molecule has 7 rings (SSSR count). The zero-order valence-electron chi connectivity index (χ0n) is 27.1. The summed E-state index contributed by atoms with van der Waals surface area (Å²) < 4.78 is 46.4. The van der Waals surface area contributed by atoms with Gasteiger partial charge < -0.3 is 9.84 Å². The number of alkyl halides is 3. The molecule has 6 unspecified atom stereocenters. The molecule has 4 amide bonds. The Morgan fingerprint density at radius 3 is 2.35 bits per heavy atom. The number of hydrogen-bond donors (Lipinski definition) is 2. The number of aromatic hydroxyl groups is 1. The number of ether oxygens (including phenoxy) is 1. The fraction of sp³-hybridized carbons (Fsp3) is 0.343. The van der Waals surface area contributed by atoms with Crippen LogP contribution in [0.3, 0.4) is 0 Å². The molecule has 2 N–H and O–H groups in total. The van der Waals surface area contributed by atoms with Gasteiger partial charge >= 0.3 is 6.18 Å². The number of anilines is 1. The van der Waals surface area contributed by atoms with Gasteiger partial charge in [0.2, 0.25) is 11.8 Å². The second-order valence-corrected chi connectivity index (χ2v) is 15.4. The Morgan fingerprint density at radius 2 is 1.73 bits per heavy atom. The molecule has 2 aliphatic heterocycles. The standard InChI is InChI=1S/C35H27Br2Cl2F3N4O6/c1-3-45-30(48)18-9-8-17-19(24(18)32(45)50)11-21-31(49)46(44-29-22(39)10-15(13-43-29)35(40,41)42)33(51)34(21,14-4-6-16(38)7-5-14)25(17)20-12-23(52-2)28(47)27(37)26(20)36/h4-8,10,12-13,18-19,21,24-25,47H,3,9,11H2,1-2H3,(H,43,44). The minimum atomic E-state index is -4.75. The zero-order chi connectivity index (χ0) is 37.6. The lowest BCUT2D eigenvalue weighted by Gasteiger charge is -2.51. The van der Waals surface area contributed by atoms with E-state index in [1.165, 1.54) is 12.0 Å². The van der Waals surface area contributed by atoms with Crippen molar-refractivity contribution in [3.63, 3.8) is 0 Å². The second kappa shape index (κ2) is 13.0. The lowest BCUT2D eigenvalue weighted by molar-refractivity contribution is -0.141. The number of allylic oxidation sites excluding steroid dienone is 2. The first-order valence-corrected chi connectivity index (χ1v) is 18.4. The van der Waals surface area contributed by atoms with E-state index in [-0.39, 0.29) is 53.0 Å². The molecule has 2 aliphatic carbocycles. The van der Waals surface area contributed by atoms with Crippen molar-refractivity contribution < 1.29 is 42.2 Å². The molecule has 0 spiro atoms. The van der Waals surface area contributed by atoms with E-state index >= 15 is 4.79 Å². The van der Waals surface area contributed by atoms with E-state index in [9.17, 15) is 32.7 Å². The number of phenols is 1. The van der Waals surface area contributed by atoms with Crippen LogP contribution < -0.4 is 10.2 Å². The molecule has 3 fully saturated rings. The Morgan fingerprint density at radius 1 is 1.04 bits per heavy atom. The summed E-state index contributed by atoms with van der Waals surface area (Å²) in [5, 5.41) is 11.5. The van der Waals surface area contributed by atoms with Gasteiger partial charge in [-0.15, -0.1) is 0 Å². The first kappa shape index (κ1) is 36.7. The molecule has 10 nitrogen and oxygen atoms in total. The van der Waals surface area contributed by atoms with Crippen molar-refractivity contribution in [3.8, 4) is 11.5 Å². The van der Waals surface area contributed by atoms with Crippen molar-refractivity contribution in [3.05, 3.63) is 89.9 Å². The maximum absolute atomic E-state index is 15.3. The first-order valence-electron chi connectivity index (χ1n) is 16.0. The van der Waals surface area contributed by atoms with Gasteiger partial charge in [0.15, 0.2) is 17.3 Å². The van der Waals surface area contributed by atoms with Gasteiger partial charge in [-0.25, -0.2) is 4.98 Å². The number of benzene rings is 2. The summed E-state index contributed by atoms with van der Waals surface area (Å²) >= 11 is 19.6. The molecule has 0 bridgehead atoms. The molecular formula is C35H27Br2Cl2F3N4O6. The number of pyridine rings is 1. The number of carbonyl (C=O) groups is 4. The molecule has 2 saturated heterocycles. The van der Waals surface area contributed by atoms with Gasteiger partial charge in [-0.05, 0) is 92.9 Å². The van der Waals surface area contributed by atoms with Crippen LogP contribution in [-0.2, 0) is 30.8 Å². The fourth-order valence-corrected chi connectivity index (χ4v) is 9.77. The van der Waals surface area contributed by atoms with E-state index in [0.29, 0.717) is 43.5 Å². The molecule has 3 heterocycles. The van der Waals surface area contributed by atoms with Crippen LogP contribution in [0.1, 0.15) is 42.4 Å². The number of hydrazine groups is 1. The maximum Gasteiger partial charge on any atom is 0.417 e. The highest BCUT2D eigenvalue weighted by Crippen LogP contribution is 2.65. The lowest BCUT2D eigenvalue weighted by Crippen LogP contribution is -2.53. The predicted octanol–water partition coefficient (Wildman–Crippen LogP) is 7.65. The Kier molecular flexibility index (Phi) is 9.19. The van der Waals surface area contributed by atoms with Crippen molar-refractivity contribution in [1.29, 1.82) is 0 Å². The summed E-state index contributed by atoms with van der Waals surface area (Å²) in [7, 11) is 1.35. The number of fused-ring (bicyclic) bond motifs is 4. The predicted molar refractivity (Wildman–Crippen MR) is 189 cm³/mol. The van der Waals surface area contributed by atoms with Crippen LogP contribution in [0.5, 0.6) is 11.5 Å². The minimum absolute atomic E-state index is 0.0341. The molecule has 2 aromatic carbocycles. The van der Waals surface area contributed by atoms with Crippen LogP contribution in [0.15, 0.2) is 63.2 Å². The van der Waals surface area contributed by atoms with Crippen molar-refractivity contribution in [2.24, 2.45) is 23.7 Å². The number of likely N-dealkylation sites (tertiary alicyclic amines) is 1. The normalized spacial score (nSPS) is 27.0. The van der Waals surface area contributed by atoms with E-state index in [1.807, 2.05) is 6.08 Å². The average Bonchev–Trinajstić information content (AvgIpc) is 3.48. The number of rotatable bonds is 6. The Labute approximate surface area is 321 Å². The number of nitrogens with one attached hydrogen (secondary N) is 1. The van der Waals surface area contributed by atoms with Crippen molar-refractivity contribution in [1.82, 2.24) is 14.9 Å². The molecular weight excluding hydrogens is 860 g/mol. The van der Waals surface area contributed by atoms with Crippen molar-refractivity contribution in [2.75, 3.05) is 19.1 Å². The number of imide groups is 2. The summed E-state index contributed by atoms with van der Waals surface area (Å²) in [6.07, 6.45) is -2.21. The third kappa shape index (κ3) is 5.28. The summed E-state index contributed by atoms with van der Waals surface area (Å²) in [6, 6.07) is 8.56. The summed E-state index contributed by atoms with van der Waals surface area (Å²) in [5.74, 6) is -7.21. The SMILES string of the molecule is CCN1C(=O)C2CC=C3C(CC4C(=O)N(Nc5ncc(C(F)(F)F)cc5Cl)C(=O)C4(c4ccc(Cl)cc4)C3c3cc(OC)c(O)c(Br)c3Br)C2C1=O. The molecule has 52 heavy (non-hydrogen) atoms. The molecule has 0 radical (unpaired) electrons. The Balaban J connectivity index is 1.49. The van der Waals surface area contributed by atoms with E-state index in [4.69, 9.17) is 27.9 Å². The number of nitrogens with zero attached hydrogens (tertiary/aromatic N) is 3. The number of amides is 4. The smallest absolute Gasteiger partial charge is 0.417 e. The zero-order valence-corrected chi connectivity index (χ0v) is 31.8. The van der Waals surface area contributed by atoms with Crippen LogP contribution in [0.2, 0.25) is 10.0 Å². The number of methoxy groups -OCH3 is 1. The molecule has 272 valence electrons. The molecule has 17 heteroatoms. The monoisotopic (exact) mass is 884 g/mol. The highest BCUT2D eigenvalue weighted by molar-refractivity contribution is 9.13. The Hall–Kier alpha value is -3.66. The van der Waals surface area contributed by atoms with E-state index in [2.05, 4.69) is 42.3 Å². The van der Waals surface area contributed by atoms with Gasteiger partial charge in [-0.1, -0.05) is 47.0 Å². The van der Waals surface area contributed by atoms with Gasteiger partial charge in [0.05, 0.1) is 45.3 Å². The molecule has 6 atom stereocenters. The van der Waals surface area contributed by atoms with Gasteiger partial charge in [0.1, 0.15) is 0 Å². The largest absolute Gasteiger partial charge is 0.503 e. The Bertz CT molecular complexity index is 2100. The van der Waals surface area contributed by atoms with E-state index < -0.39 is 63.6 Å². The average molecular weight is 887 g/mol. The van der Waals surface area contributed by atoms with Crippen LogP contribution in [0.25, 0.3) is 0 Å². The summed E-state index contributed by atoms with van der Waals surface area (Å²) in [5.41, 5.74) is 1.11. The van der Waals surface area contributed by atoms with Crippen molar-refractivity contribution >= 4 is 84.5 Å². The second-order valence-electron chi connectivity index (χ2n) is 13.0. The van der Waals surface area contributed by atoms with E-state index in [0.717, 1.165) is 0 Å². The van der Waals surface area contributed by atoms with Gasteiger partial charge in [0, 0.05) is 28.2 Å². The molecule has 1 saturated carbocycles. The number of phenolic OH excluding ortho intramolecular Hbond substituents is 1. The quantitative estimate of drug-likeness (QED) is 0.191. The molecule has 3 aromatic rings. The summed E-state index contributed by atoms with van der Waals surface area (Å²) in [6.45, 7) is 1.87. The highest BCUT2D eigenvalue weighted by Gasteiger charge is 2.70. The molecule has 4 aliphatic rings. The highest BCUT2D eigenvalue weighted by atomic mass is 79.9. The van der Waals surface area contributed by atoms with Gasteiger partial charge in [-0.3, -0.25) is 29.5 Å². The topological polar surface area (TPSA) is 129 Å². The van der Waals surface area contributed by atoms with Gasteiger partial charge in [0.25, 0.3) is 11.8 Å². The van der Waals surface area contributed by atoms with Crippen LogP contribution in [0, 0.1) is 23.7 Å². The third-order valence-electron chi connectivity index (χ3n) is 10.7. The van der Waals surface area contributed by atoms with E-state index in [1.54, 1.807) is 37.3 Å². The maximum atomic E-state index is 15.3. The van der Waals surface area contributed by atoms with Crippen LogP contribution in [0.4, 0.5) is 19.0 Å². The minimum Gasteiger partial charge on any atom is -0.503 e. The van der Waals surface area contributed by atoms with Crippen LogP contribution >= 0.6 is 55.1 Å².